The molecule has 3 aromatic carbocycles. The predicted octanol–water partition coefficient (Wildman–Crippen LogP) is 4.64. The van der Waals surface area contributed by atoms with E-state index < -0.39 is 28.4 Å². The molecule has 10 heteroatoms. The lowest BCUT2D eigenvalue weighted by atomic mass is 10.1. The van der Waals surface area contributed by atoms with E-state index in [9.17, 15) is 18.0 Å². The van der Waals surface area contributed by atoms with E-state index in [-0.39, 0.29) is 17.3 Å². The molecule has 0 aliphatic carbocycles. The number of anilines is 2. The van der Waals surface area contributed by atoms with Gasteiger partial charge in [-0.05, 0) is 80.8 Å². The van der Waals surface area contributed by atoms with Crippen molar-refractivity contribution in [3.63, 3.8) is 0 Å². The van der Waals surface area contributed by atoms with Crippen molar-refractivity contribution >= 4 is 33.3 Å². The van der Waals surface area contributed by atoms with E-state index in [1.165, 1.54) is 32.4 Å². The van der Waals surface area contributed by atoms with Crippen molar-refractivity contribution in [2.24, 2.45) is 0 Å². The molecular weight excluding hydrogens is 508 g/mol. The largest absolute Gasteiger partial charge is 0.493 e. The molecule has 0 unspecified atom stereocenters. The van der Waals surface area contributed by atoms with Gasteiger partial charge in [0.05, 0.1) is 37.0 Å². The molecule has 0 aliphatic rings. The molecule has 1 amide bonds. The molecule has 0 radical (unpaired) electrons. The lowest BCUT2D eigenvalue weighted by Crippen LogP contribution is -2.38. The summed E-state index contributed by atoms with van der Waals surface area (Å²) < 4.78 is 44.4. The standard InChI is InChI=1S/C28H32N2O7S/c1-7-37-28(32)23-9-8-10-24(20(23)4)29-27(31)17-30(21-14-18(2)13-19(3)15-21)38(33,34)22-11-12-25(35-5)26(16-22)36-6/h8-16H,7,17H2,1-6H3,(H,29,31). The van der Waals surface area contributed by atoms with Crippen molar-refractivity contribution in [2.75, 3.05) is 37.0 Å². The Morgan fingerprint density at radius 3 is 2.16 bits per heavy atom. The summed E-state index contributed by atoms with van der Waals surface area (Å²) in [4.78, 5) is 25.5. The van der Waals surface area contributed by atoms with Crippen LogP contribution in [0.4, 0.5) is 11.4 Å². The van der Waals surface area contributed by atoms with Gasteiger partial charge in [-0.15, -0.1) is 0 Å². The summed E-state index contributed by atoms with van der Waals surface area (Å²) in [7, 11) is -1.34. The molecule has 0 spiro atoms. The number of sulfonamides is 1. The van der Waals surface area contributed by atoms with Crippen LogP contribution >= 0.6 is 0 Å². The summed E-state index contributed by atoms with van der Waals surface area (Å²) in [5.74, 6) is -0.477. The third kappa shape index (κ3) is 6.25. The van der Waals surface area contributed by atoms with Crippen LogP contribution in [0, 0.1) is 20.8 Å². The van der Waals surface area contributed by atoms with E-state index in [1.807, 2.05) is 19.9 Å². The highest BCUT2D eigenvalue weighted by molar-refractivity contribution is 7.92. The SMILES string of the molecule is CCOC(=O)c1cccc(NC(=O)CN(c2cc(C)cc(C)c2)S(=O)(=O)c2ccc(OC)c(OC)c2)c1C. The summed E-state index contributed by atoms with van der Waals surface area (Å²) in [6.45, 7) is 6.80. The van der Waals surface area contributed by atoms with Crippen molar-refractivity contribution in [1.82, 2.24) is 0 Å². The molecule has 3 aromatic rings. The Labute approximate surface area is 223 Å². The van der Waals surface area contributed by atoms with Gasteiger partial charge < -0.3 is 19.5 Å². The van der Waals surface area contributed by atoms with Crippen LogP contribution in [0.5, 0.6) is 11.5 Å². The van der Waals surface area contributed by atoms with Gasteiger partial charge in [0.25, 0.3) is 10.0 Å². The molecule has 1 N–H and O–H groups in total. The maximum atomic E-state index is 13.9. The number of carbonyl (C=O) groups excluding carboxylic acids is 2. The smallest absolute Gasteiger partial charge is 0.338 e. The number of methoxy groups -OCH3 is 2. The van der Waals surface area contributed by atoms with Crippen LogP contribution in [0.3, 0.4) is 0 Å². The Balaban J connectivity index is 2.02. The summed E-state index contributed by atoms with van der Waals surface area (Å²) in [5, 5.41) is 2.74. The molecule has 0 bridgehead atoms. The summed E-state index contributed by atoms with van der Waals surface area (Å²) in [6, 6.07) is 14.4. The molecule has 0 atom stereocenters. The fourth-order valence-corrected chi connectivity index (χ4v) is 5.46. The Hall–Kier alpha value is -4.05. The number of rotatable bonds is 10. The van der Waals surface area contributed by atoms with E-state index >= 15 is 0 Å². The van der Waals surface area contributed by atoms with Crippen LogP contribution in [-0.2, 0) is 19.6 Å². The lowest BCUT2D eigenvalue weighted by Gasteiger charge is -2.25. The Kier molecular flexibility index (Phi) is 9.00. The van der Waals surface area contributed by atoms with E-state index in [1.54, 1.807) is 44.2 Å². The average Bonchev–Trinajstić information content (AvgIpc) is 2.87. The molecule has 0 heterocycles. The summed E-state index contributed by atoms with van der Waals surface area (Å²) in [6.07, 6.45) is 0. The first kappa shape index (κ1) is 28.5. The topological polar surface area (TPSA) is 111 Å². The zero-order valence-electron chi connectivity index (χ0n) is 22.3. The second-order valence-electron chi connectivity index (χ2n) is 8.62. The molecule has 9 nitrogen and oxygen atoms in total. The number of nitrogens with one attached hydrogen (secondary N) is 1. The normalized spacial score (nSPS) is 11.0. The van der Waals surface area contributed by atoms with Crippen LogP contribution in [0.15, 0.2) is 59.5 Å². The third-order valence-electron chi connectivity index (χ3n) is 5.83. The number of esters is 1. The number of ether oxygens (including phenoxy) is 3. The van der Waals surface area contributed by atoms with Gasteiger partial charge in [0.2, 0.25) is 5.91 Å². The number of aryl methyl sites for hydroxylation is 2. The van der Waals surface area contributed by atoms with Gasteiger partial charge in [0.1, 0.15) is 6.54 Å². The Morgan fingerprint density at radius 2 is 1.55 bits per heavy atom. The molecule has 0 saturated carbocycles. The Morgan fingerprint density at radius 1 is 0.895 bits per heavy atom. The first-order chi connectivity index (χ1) is 18.0. The molecule has 202 valence electrons. The molecule has 0 saturated heterocycles. The first-order valence-corrected chi connectivity index (χ1v) is 13.4. The van der Waals surface area contributed by atoms with Crippen molar-refractivity contribution in [3.8, 4) is 11.5 Å². The number of benzene rings is 3. The first-order valence-electron chi connectivity index (χ1n) is 11.9. The van der Waals surface area contributed by atoms with Crippen molar-refractivity contribution in [1.29, 1.82) is 0 Å². The van der Waals surface area contributed by atoms with Gasteiger partial charge in [-0.25, -0.2) is 13.2 Å². The highest BCUT2D eigenvalue weighted by Gasteiger charge is 2.29. The quantitative estimate of drug-likeness (QED) is 0.373. The van der Waals surface area contributed by atoms with Crippen LogP contribution in [-0.4, -0.2) is 47.7 Å². The fraction of sp³-hybridized carbons (Fsp3) is 0.286. The minimum Gasteiger partial charge on any atom is -0.493 e. The van der Waals surface area contributed by atoms with Crippen LogP contribution in [0.25, 0.3) is 0 Å². The average molecular weight is 541 g/mol. The van der Waals surface area contributed by atoms with E-state index in [0.29, 0.717) is 28.3 Å². The maximum absolute atomic E-state index is 13.9. The minimum absolute atomic E-state index is 0.0670. The highest BCUT2D eigenvalue weighted by atomic mass is 32.2. The number of hydrogen-bond donors (Lipinski definition) is 1. The molecule has 0 aromatic heterocycles. The van der Waals surface area contributed by atoms with Gasteiger partial charge in [-0.1, -0.05) is 12.1 Å². The molecule has 3 rings (SSSR count). The third-order valence-corrected chi connectivity index (χ3v) is 7.60. The number of hydrogen-bond acceptors (Lipinski definition) is 7. The maximum Gasteiger partial charge on any atom is 0.338 e. The van der Waals surface area contributed by atoms with E-state index in [2.05, 4.69) is 5.32 Å². The second kappa shape index (κ2) is 12.0. The second-order valence-corrected chi connectivity index (χ2v) is 10.5. The number of amides is 1. The fourth-order valence-electron chi connectivity index (χ4n) is 4.04. The zero-order chi connectivity index (χ0) is 28.0. The summed E-state index contributed by atoms with van der Waals surface area (Å²) in [5.41, 5.74) is 3.22. The number of nitrogens with zero attached hydrogens (tertiary/aromatic N) is 1. The molecular formula is C28H32N2O7S. The molecule has 0 fully saturated rings. The van der Waals surface area contributed by atoms with Gasteiger partial charge >= 0.3 is 5.97 Å². The van der Waals surface area contributed by atoms with Gasteiger partial charge in [-0.2, -0.15) is 0 Å². The monoisotopic (exact) mass is 540 g/mol. The zero-order valence-corrected chi connectivity index (χ0v) is 23.1. The van der Waals surface area contributed by atoms with Gasteiger partial charge in [-0.3, -0.25) is 9.10 Å². The molecule has 0 aliphatic heterocycles. The molecule has 38 heavy (non-hydrogen) atoms. The minimum atomic E-state index is -4.21. The predicted molar refractivity (Wildman–Crippen MR) is 146 cm³/mol. The van der Waals surface area contributed by atoms with Gasteiger partial charge in [0.15, 0.2) is 11.5 Å². The van der Waals surface area contributed by atoms with E-state index in [4.69, 9.17) is 14.2 Å². The summed E-state index contributed by atoms with van der Waals surface area (Å²) >= 11 is 0. The number of carbonyl (C=O) groups is 2. The van der Waals surface area contributed by atoms with Crippen LogP contribution in [0.2, 0.25) is 0 Å². The lowest BCUT2D eigenvalue weighted by molar-refractivity contribution is -0.114. The van der Waals surface area contributed by atoms with Crippen LogP contribution < -0.4 is 19.1 Å². The van der Waals surface area contributed by atoms with Crippen LogP contribution in [0.1, 0.15) is 34.0 Å². The van der Waals surface area contributed by atoms with Crippen molar-refractivity contribution in [3.05, 3.63) is 76.9 Å². The highest BCUT2D eigenvalue weighted by Crippen LogP contribution is 2.33. The van der Waals surface area contributed by atoms with Crippen molar-refractivity contribution < 1.29 is 32.2 Å². The van der Waals surface area contributed by atoms with Crippen molar-refractivity contribution in [2.45, 2.75) is 32.6 Å². The van der Waals surface area contributed by atoms with Gasteiger partial charge in [0, 0.05) is 11.8 Å². The Bertz CT molecular complexity index is 1430. The van der Waals surface area contributed by atoms with E-state index in [0.717, 1.165) is 15.4 Å².